The van der Waals surface area contributed by atoms with Gasteiger partial charge in [0.15, 0.2) is 11.5 Å². The number of carboxylic acid groups (broad SMARTS) is 1. The highest BCUT2D eigenvalue weighted by atomic mass is 32.2. The first kappa shape index (κ1) is 21.6. The van der Waals surface area contributed by atoms with Gasteiger partial charge in [0.1, 0.15) is 19.8 Å². The minimum absolute atomic E-state index is 0.0167. The smallest absolute Gasteiger partial charge is 0.325 e. The van der Waals surface area contributed by atoms with Gasteiger partial charge in [0, 0.05) is 17.6 Å². The highest BCUT2D eigenvalue weighted by Gasteiger charge is 2.22. The Morgan fingerprint density at radius 2 is 1.76 bits per heavy atom. The van der Waals surface area contributed by atoms with Crippen molar-refractivity contribution in [2.75, 3.05) is 13.2 Å². The van der Waals surface area contributed by atoms with Crippen LogP contribution in [0.3, 0.4) is 0 Å². The molecule has 0 atom stereocenters. The van der Waals surface area contributed by atoms with Crippen molar-refractivity contribution in [1.29, 1.82) is 0 Å². The predicted octanol–water partition coefficient (Wildman–Crippen LogP) is 1.33. The fourth-order valence-electron chi connectivity index (χ4n) is 3.64. The molecular formula is C22H18N4O7S. The third kappa shape index (κ3) is 3.99. The van der Waals surface area contributed by atoms with E-state index in [2.05, 4.69) is 10.2 Å². The van der Waals surface area contributed by atoms with Crippen LogP contribution in [0.25, 0.3) is 10.8 Å². The van der Waals surface area contributed by atoms with Crippen LogP contribution < -0.4 is 15.0 Å². The Balaban J connectivity index is 1.45. The zero-order valence-corrected chi connectivity index (χ0v) is 18.4. The summed E-state index contributed by atoms with van der Waals surface area (Å²) in [6, 6.07) is 10.3. The van der Waals surface area contributed by atoms with Crippen molar-refractivity contribution in [3.63, 3.8) is 0 Å². The van der Waals surface area contributed by atoms with Gasteiger partial charge in [-0.25, -0.2) is 13.1 Å². The maximum Gasteiger partial charge on any atom is 0.325 e. The summed E-state index contributed by atoms with van der Waals surface area (Å²) in [6.07, 6.45) is 2.92. The molecule has 0 bridgehead atoms. The topological polar surface area (TPSA) is 143 Å². The number of hydrogen-bond donors (Lipinski definition) is 1. The molecule has 12 heteroatoms. The summed E-state index contributed by atoms with van der Waals surface area (Å²) < 4.78 is 39.7. The number of rotatable bonds is 6. The van der Waals surface area contributed by atoms with Crippen molar-refractivity contribution in [2.45, 2.75) is 22.9 Å². The molecule has 0 saturated heterocycles. The second-order valence-corrected chi connectivity index (χ2v) is 9.51. The van der Waals surface area contributed by atoms with Crippen LogP contribution >= 0.6 is 0 Å². The first-order valence-corrected chi connectivity index (χ1v) is 11.7. The van der Waals surface area contributed by atoms with E-state index < -0.39 is 21.4 Å². The molecule has 5 rings (SSSR count). The summed E-state index contributed by atoms with van der Waals surface area (Å²) in [7, 11) is -3.88. The molecule has 0 unspecified atom stereocenters. The average molecular weight is 482 g/mol. The van der Waals surface area contributed by atoms with E-state index in [0.29, 0.717) is 41.2 Å². The summed E-state index contributed by atoms with van der Waals surface area (Å²) >= 11 is 0. The van der Waals surface area contributed by atoms with Gasteiger partial charge >= 0.3 is 5.97 Å². The Hall–Kier alpha value is -4.19. The zero-order valence-electron chi connectivity index (χ0n) is 17.6. The maximum absolute atomic E-state index is 13.2. The third-order valence-electron chi connectivity index (χ3n) is 5.26. The Morgan fingerprint density at radius 3 is 2.56 bits per heavy atom. The quantitative estimate of drug-likeness (QED) is 0.430. The second kappa shape index (κ2) is 8.30. The van der Waals surface area contributed by atoms with Crippen LogP contribution in [0.4, 0.5) is 0 Å². The number of nitrogens with zero attached hydrogens (tertiary/aromatic N) is 4. The molecule has 3 heterocycles. The molecule has 1 aliphatic rings. The fraction of sp³-hybridized carbons (Fsp3) is 0.182. The lowest BCUT2D eigenvalue weighted by atomic mass is 10.2. The summed E-state index contributed by atoms with van der Waals surface area (Å²) in [5.41, 5.74) is 0.0431. The van der Waals surface area contributed by atoms with Crippen molar-refractivity contribution in [3.05, 3.63) is 70.9 Å². The van der Waals surface area contributed by atoms with Crippen LogP contribution in [-0.4, -0.2) is 52.3 Å². The minimum atomic E-state index is -3.88. The molecule has 0 amide bonds. The lowest BCUT2D eigenvalue weighted by Crippen LogP contribution is -2.23. The zero-order chi connectivity index (χ0) is 23.9. The lowest BCUT2D eigenvalue weighted by Gasteiger charge is -2.18. The van der Waals surface area contributed by atoms with Crippen LogP contribution in [0.5, 0.6) is 11.5 Å². The number of carboxylic acids is 1. The van der Waals surface area contributed by atoms with E-state index in [1.807, 2.05) is 0 Å². The van der Waals surface area contributed by atoms with Crippen molar-refractivity contribution < 1.29 is 27.8 Å². The van der Waals surface area contributed by atoms with E-state index in [1.165, 1.54) is 52.1 Å². The molecule has 34 heavy (non-hydrogen) atoms. The highest BCUT2D eigenvalue weighted by Crippen LogP contribution is 2.34. The number of benzene rings is 2. The number of aliphatic carboxylic acids is 1. The molecule has 2 aromatic heterocycles. The van der Waals surface area contributed by atoms with Crippen molar-refractivity contribution in [3.8, 4) is 11.5 Å². The monoisotopic (exact) mass is 482 g/mol. The number of fused-ring (bicyclic) bond motifs is 2. The fourth-order valence-corrected chi connectivity index (χ4v) is 4.95. The number of aromatic nitrogens is 4. The van der Waals surface area contributed by atoms with Crippen molar-refractivity contribution >= 4 is 26.6 Å². The van der Waals surface area contributed by atoms with Crippen LogP contribution in [0, 0.1) is 0 Å². The van der Waals surface area contributed by atoms with E-state index >= 15 is 0 Å². The largest absolute Gasteiger partial charge is 0.486 e. The number of sulfone groups is 1. The highest BCUT2D eigenvalue weighted by molar-refractivity contribution is 7.91. The molecule has 0 radical (unpaired) electrons. The van der Waals surface area contributed by atoms with Crippen LogP contribution in [0.15, 0.2) is 69.4 Å². The van der Waals surface area contributed by atoms with Gasteiger partial charge < -0.3 is 14.6 Å². The van der Waals surface area contributed by atoms with E-state index in [9.17, 15) is 18.0 Å². The molecule has 0 saturated carbocycles. The third-order valence-corrected chi connectivity index (χ3v) is 7.01. The molecule has 1 aliphatic heterocycles. The Labute approximate surface area is 192 Å². The van der Waals surface area contributed by atoms with Gasteiger partial charge in [-0.2, -0.15) is 10.2 Å². The molecule has 2 aromatic carbocycles. The SMILES string of the molecule is O=C(O)Cn1ccc(Cn2ncc3cc(S(=O)(=O)c4ccc5c(c4)OCCO5)ccc3c2=O)n1. The lowest BCUT2D eigenvalue weighted by molar-refractivity contribution is -0.137. The van der Waals surface area contributed by atoms with Gasteiger partial charge in [0.2, 0.25) is 9.84 Å². The normalized spacial score (nSPS) is 13.2. The van der Waals surface area contributed by atoms with Crippen molar-refractivity contribution in [1.82, 2.24) is 19.6 Å². The van der Waals surface area contributed by atoms with Gasteiger partial charge in [-0.15, -0.1) is 0 Å². The minimum Gasteiger partial charge on any atom is -0.486 e. The standard InChI is InChI=1S/C22H18N4O7S/c27-21(28)13-25-6-5-15(24-25)12-26-22(29)18-3-1-16(9-14(18)11-23-26)34(30,31)17-2-4-19-20(10-17)33-8-7-32-19/h1-6,9-11H,7-8,12-13H2,(H,27,28). The molecule has 0 aliphatic carbocycles. The molecule has 174 valence electrons. The number of carbonyl (C=O) groups is 1. The Bertz CT molecular complexity index is 1590. The van der Waals surface area contributed by atoms with E-state index in [1.54, 1.807) is 12.1 Å². The van der Waals surface area contributed by atoms with Crippen LogP contribution in [0.2, 0.25) is 0 Å². The molecular weight excluding hydrogens is 464 g/mol. The van der Waals surface area contributed by atoms with E-state index in [-0.39, 0.29) is 22.9 Å². The molecule has 0 fully saturated rings. The summed E-state index contributed by atoms with van der Waals surface area (Å²) in [5, 5.41) is 17.8. The maximum atomic E-state index is 13.2. The van der Waals surface area contributed by atoms with Crippen molar-refractivity contribution in [2.24, 2.45) is 0 Å². The van der Waals surface area contributed by atoms with Crippen LogP contribution in [-0.2, 0) is 27.7 Å². The van der Waals surface area contributed by atoms with Gasteiger partial charge in [0.05, 0.1) is 33.6 Å². The average Bonchev–Trinajstić information content (AvgIpc) is 3.26. The van der Waals surface area contributed by atoms with Gasteiger partial charge in [-0.05, 0) is 36.4 Å². The van der Waals surface area contributed by atoms with Crippen LogP contribution in [0.1, 0.15) is 5.69 Å². The van der Waals surface area contributed by atoms with Gasteiger partial charge in [-0.3, -0.25) is 14.3 Å². The summed E-state index contributed by atoms with van der Waals surface area (Å²) in [6.45, 7) is 0.488. The molecule has 4 aromatic rings. The van der Waals surface area contributed by atoms with Gasteiger partial charge in [-0.1, -0.05) is 0 Å². The van der Waals surface area contributed by atoms with Gasteiger partial charge in [0.25, 0.3) is 5.56 Å². The van der Waals surface area contributed by atoms with E-state index in [0.717, 1.165) is 0 Å². The number of ether oxygens (including phenoxy) is 2. The van der Waals surface area contributed by atoms with E-state index in [4.69, 9.17) is 14.6 Å². The first-order valence-electron chi connectivity index (χ1n) is 10.2. The number of hydrogen-bond acceptors (Lipinski definition) is 8. The Morgan fingerprint density at radius 1 is 1.03 bits per heavy atom. The predicted molar refractivity (Wildman–Crippen MR) is 118 cm³/mol. The summed E-state index contributed by atoms with van der Waals surface area (Å²) in [4.78, 5) is 23.8. The summed E-state index contributed by atoms with van der Waals surface area (Å²) in [5.74, 6) is -0.178. The molecule has 1 N–H and O–H groups in total. The molecule has 11 nitrogen and oxygen atoms in total. The second-order valence-electron chi connectivity index (χ2n) is 7.56. The Kier molecular flexibility index (Phi) is 5.28. The first-order chi connectivity index (χ1) is 16.3. The molecule has 0 spiro atoms.